The van der Waals surface area contributed by atoms with Gasteiger partial charge in [-0.1, -0.05) is 53.9 Å². The Bertz CT molecular complexity index is 165. The molecule has 0 aliphatic carbocycles. The van der Waals surface area contributed by atoms with Crippen molar-refractivity contribution in [1.29, 1.82) is 0 Å². The Morgan fingerprint density at radius 3 is 2.06 bits per heavy atom. The molecule has 0 amide bonds. The Morgan fingerprint density at radius 2 is 1.69 bits per heavy atom. The summed E-state index contributed by atoms with van der Waals surface area (Å²) in [6.07, 6.45) is 6.84. The molecule has 1 heteroatoms. The number of hydrogen-bond donors (Lipinski definition) is 0. The maximum absolute atomic E-state index is 13.7. The lowest BCUT2D eigenvalue weighted by atomic mass is 9.70. The predicted octanol–water partition coefficient (Wildman–Crippen LogP) is 5.76. The highest BCUT2D eigenvalue weighted by molar-refractivity contribution is 4.82. The van der Waals surface area contributed by atoms with Crippen molar-refractivity contribution in [2.75, 3.05) is 0 Å². The quantitative estimate of drug-likeness (QED) is 0.472. The van der Waals surface area contributed by atoms with Crippen molar-refractivity contribution in [2.24, 2.45) is 11.3 Å². The van der Waals surface area contributed by atoms with Gasteiger partial charge in [0.1, 0.15) is 6.17 Å². The van der Waals surface area contributed by atoms with Crippen LogP contribution in [0.25, 0.3) is 0 Å². The normalized spacial score (nSPS) is 17.4. The second-order valence-electron chi connectivity index (χ2n) is 5.76. The molecule has 0 fully saturated rings. The molecule has 0 spiro atoms. The molecule has 0 aromatic rings. The van der Waals surface area contributed by atoms with E-state index in [4.69, 9.17) is 0 Å². The second kappa shape index (κ2) is 8.08. The number of hydrogen-bond acceptors (Lipinski definition) is 0. The van der Waals surface area contributed by atoms with Crippen LogP contribution >= 0.6 is 0 Å². The van der Waals surface area contributed by atoms with Gasteiger partial charge >= 0.3 is 0 Å². The molecule has 0 aliphatic rings. The van der Waals surface area contributed by atoms with E-state index in [-0.39, 0.29) is 5.41 Å². The third-order valence-corrected chi connectivity index (χ3v) is 3.75. The summed E-state index contributed by atoms with van der Waals surface area (Å²) in [6.45, 7) is 10.9. The van der Waals surface area contributed by atoms with Crippen LogP contribution in [0.5, 0.6) is 0 Å². The van der Waals surface area contributed by atoms with Gasteiger partial charge in [0.15, 0.2) is 0 Å². The molecule has 0 aliphatic heterocycles. The smallest absolute Gasteiger partial charge is 0.100 e. The first kappa shape index (κ1) is 15.9. The average Bonchev–Trinajstić information content (AvgIpc) is 2.25. The van der Waals surface area contributed by atoms with Crippen LogP contribution in [0.4, 0.5) is 4.39 Å². The van der Waals surface area contributed by atoms with Crippen LogP contribution in [0.3, 0.4) is 0 Å². The van der Waals surface area contributed by atoms with Crippen molar-refractivity contribution in [3.8, 4) is 0 Å². The van der Waals surface area contributed by atoms with E-state index in [1.807, 2.05) is 6.92 Å². The summed E-state index contributed by atoms with van der Waals surface area (Å²) < 4.78 is 13.7. The lowest BCUT2D eigenvalue weighted by molar-refractivity contribution is 0.120. The molecule has 98 valence electrons. The zero-order valence-electron chi connectivity index (χ0n) is 12.0. The summed E-state index contributed by atoms with van der Waals surface area (Å²) >= 11 is 0. The fourth-order valence-corrected chi connectivity index (χ4v) is 2.78. The van der Waals surface area contributed by atoms with Crippen LogP contribution in [0.2, 0.25) is 0 Å². The highest BCUT2D eigenvalue weighted by atomic mass is 19.1. The van der Waals surface area contributed by atoms with Gasteiger partial charge in [-0.05, 0) is 37.0 Å². The SMILES string of the molecule is CCCCC(CC)(CC(C)C)CC(F)CC. The fourth-order valence-electron chi connectivity index (χ4n) is 2.78. The van der Waals surface area contributed by atoms with Gasteiger partial charge in [-0.2, -0.15) is 0 Å². The molecule has 16 heavy (non-hydrogen) atoms. The minimum absolute atomic E-state index is 0.263. The maximum Gasteiger partial charge on any atom is 0.100 e. The molecule has 0 bridgehead atoms. The van der Waals surface area contributed by atoms with Crippen molar-refractivity contribution >= 4 is 0 Å². The van der Waals surface area contributed by atoms with E-state index < -0.39 is 6.17 Å². The number of rotatable bonds is 9. The molecule has 0 aromatic heterocycles. The molecule has 2 unspecified atom stereocenters. The summed E-state index contributed by atoms with van der Waals surface area (Å²) in [5.74, 6) is 0.681. The van der Waals surface area contributed by atoms with Crippen molar-refractivity contribution in [2.45, 2.75) is 85.7 Å². The summed E-state index contributed by atoms with van der Waals surface area (Å²) in [4.78, 5) is 0. The molecule has 2 atom stereocenters. The Morgan fingerprint density at radius 1 is 1.06 bits per heavy atom. The van der Waals surface area contributed by atoms with E-state index in [0.717, 1.165) is 12.8 Å². The van der Waals surface area contributed by atoms with Crippen LogP contribution in [-0.4, -0.2) is 6.17 Å². The Hall–Kier alpha value is -0.0700. The highest BCUT2D eigenvalue weighted by Gasteiger charge is 2.31. The van der Waals surface area contributed by atoms with Gasteiger partial charge in [0.25, 0.3) is 0 Å². The summed E-state index contributed by atoms with van der Waals surface area (Å²) in [6, 6.07) is 0. The molecule has 0 nitrogen and oxygen atoms in total. The topological polar surface area (TPSA) is 0 Å². The van der Waals surface area contributed by atoms with Crippen LogP contribution < -0.4 is 0 Å². The minimum atomic E-state index is -0.601. The first-order valence-electron chi connectivity index (χ1n) is 7.13. The van der Waals surface area contributed by atoms with Crippen LogP contribution in [0.1, 0.15) is 79.6 Å². The molecule has 0 aromatic carbocycles. The molecule has 0 rings (SSSR count). The van der Waals surface area contributed by atoms with Gasteiger partial charge in [0.05, 0.1) is 0 Å². The van der Waals surface area contributed by atoms with E-state index in [1.54, 1.807) is 0 Å². The largest absolute Gasteiger partial charge is 0.247 e. The number of alkyl halides is 1. The Kier molecular flexibility index (Phi) is 8.05. The van der Waals surface area contributed by atoms with Crippen molar-refractivity contribution in [1.82, 2.24) is 0 Å². The van der Waals surface area contributed by atoms with Crippen LogP contribution in [0, 0.1) is 11.3 Å². The van der Waals surface area contributed by atoms with Crippen molar-refractivity contribution < 1.29 is 4.39 Å². The predicted molar refractivity (Wildman–Crippen MR) is 71.5 cm³/mol. The third-order valence-electron chi connectivity index (χ3n) is 3.75. The van der Waals surface area contributed by atoms with Gasteiger partial charge in [0.2, 0.25) is 0 Å². The molecule has 0 N–H and O–H groups in total. The van der Waals surface area contributed by atoms with Crippen LogP contribution in [0.15, 0.2) is 0 Å². The Labute approximate surface area is 102 Å². The molecular weight excluding hydrogens is 199 g/mol. The molecule has 0 saturated carbocycles. The molecular formula is C15H31F. The van der Waals surface area contributed by atoms with Crippen molar-refractivity contribution in [3.63, 3.8) is 0 Å². The van der Waals surface area contributed by atoms with E-state index in [2.05, 4.69) is 27.7 Å². The average molecular weight is 230 g/mol. The zero-order valence-corrected chi connectivity index (χ0v) is 12.0. The fraction of sp³-hybridized carbons (Fsp3) is 1.00. The Balaban J connectivity index is 4.52. The lowest BCUT2D eigenvalue weighted by Crippen LogP contribution is -2.26. The number of unbranched alkanes of at least 4 members (excludes halogenated alkanes) is 1. The van der Waals surface area contributed by atoms with Crippen LogP contribution in [-0.2, 0) is 0 Å². The van der Waals surface area contributed by atoms with E-state index in [9.17, 15) is 4.39 Å². The second-order valence-corrected chi connectivity index (χ2v) is 5.76. The lowest BCUT2D eigenvalue weighted by Gasteiger charge is -2.36. The maximum atomic E-state index is 13.7. The minimum Gasteiger partial charge on any atom is -0.247 e. The van der Waals surface area contributed by atoms with E-state index in [0.29, 0.717) is 12.3 Å². The molecule has 0 heterocycles. The van der Waals surface area contributed by atoms with Gasteiger partial charge in [-0.3, -0.25) is 0 Å². The first-order valence-corrected chi connectivity index (χ1v) is 7.13. The van der Waals surface area contributed by atoms with E-state index in [1.165, 1.54) is 25.7 Å². The summed E-state index contributed by atoms with van der Waals surface area (Å²) in [7, 11) is 0. The number of halogens is 1. The zero-order chi connectivity index (χ0) is 12.6. The standard InChI is InChI=1S/C15H31F/c1-6-9-10-15(8-3,11-13(4)5)12-14(16)7-2/h13-14H,6-12H2,1-5H3. The van der Waals surface area contributed by atoms with Gasteiger partial charge in [0, 0.05) is 0 Å². The first-order chi connectivity index (χ1) is 7.49. The molecule has 0 saturated heterocycles. The highest BCUT2D eigenvalue weighted by Crippen LogP contribution is 2.41. The third kappa shape index (κ3) is 5.86. The van der Waals surface area contributed by atoms with Gasteiger partial charge in [-0.15, -0.1) is 0 Å². The van der Waals surface area contributed by atoms with Gasteiger partial charge < -0.3 is 0 Å². The molecule has 0 radical (unpaired) electrons. The van der Waals surface area contributed by atoms with E-state index >= 15 is 0 Å². The van der Waals surface area contributed by atoms with Gasteiger partial charge in [-0.25, -0.2) is 4.39 Å². The summed E-state index contributed by atoms with van der Waals surface area (Å²) in [5.41, 5.74) is 0.263. The monoisotopic (exact) mass is 230 g/mol. The summed E-state index contributed by atoms with van der Waals surface area (Å²) in [5, 5.41) is 0. The van der Waals surface area contributed by atoms with Crippen molar-refractivity contribution in [3.05, 3.63) is 0 Å².